The van der Waals surface area contributed by atoms with Crippen LogP contribution in [0.5, 0.6) is 0 Å². The Kier molecular flexibility index (Phi) is 12.9. The molecule has 0 aliphatic rings. The van der Waals surface area contributed by atoms with Gasteiger partial charge in [0, 0.05) is 24.8 Å². The molecular formula is C27H39N3O3. The molecule has 1 atom stereocenters. The van der Waals surface area contributed by atoms with Crippen molar-refractivity contribution in [1.29, 1.82) is 0 Å². The van der Waals surface area contributed by atoms with Crippen molar-refractivity contribution in [2.45, 2.75) is 27.7 Å². The topological polar surface area (TPSA) is 57.5 Å². The van der Waals surface area contributed by atoms with Crippen LogP contribution >= 0.6 is 0 Å². The fourth-order valence-electron chi connectivity index (χ4n) is 2.98. The van der Waals surface area contributed by atoms with E-state index in [2.05, 4.69) is 46.8 Å². The first-order valence-corrected chi connectivity index (χ1v) is 11.2. The second kappa shape index (κ2) is 15.4. The summed E-state index contributed by atoms with van der Waals surface area (Å²) in [6.07, 6.45) is 5.31. The molecule has 180 valence electrons. The van der Waals surface area contributed by atoms with Crippen LogP contribution in [0.3, 0.4) is 0 Å². The smallest absolute Gasteiger partial charge is 0.142 e. The predicted octanol–water partition coefficient (Wildman–Crippen LogP) is 6.62. The monoisotopic (exact) mass is 453 g/mol. The number of rotatable bonds is 8. The molecule has 0 saturated heterocycles. The van der Waals surface area contributed by atoms with Crippen LogP contribution in [0.25, 0.3) is 22.4 Å². The maximum absolute atomic E-state index is 4.99. The van der Waals surface area contributed by atoms with Gasteiger partial charge < -0.3 is 24.1 Å². The maximum Gasteiger partial charge on any atom is 0.142 e. The van der Waals surface area contributed by atoms with Crippen molar-refractivity contribution in [3.8, 4) is 11.4 Å². The van der Waals surface area contributed by atoms with Crippen LogP contribution in [0.1, 0.15) is 27.7 Å². The number of allylic oxidation sites excluding steroid dienone is 1. The Morgan fingerprint density at radius 3 is 2.30 bits per heavy atom. The average molecular weight is 454 g/mol. The normalized spacial score (nSPS) is 11.7. The van der Waals surface area contributed by atoms with Crippen LogP contribution in [0, 0.1) is 5.92 Å². The highest BCUT2D eigenvalue weighted by Gasteiger charge is 2.13. The Morgan fingerprint density at radius 2 is 1.70 bits per heavy atom. The fourth-order valence-corrected chi connectivity index (χ4v) is 2.98. The molecular weight excluding hydrogens is 414 g/mol. The van der Waals surface area contributed by atoms with Gasteiger partial charge in [-0.05, 0) is 43.2 Å². The summed E-state index contributed by atoms with van der Waals surface area (Å²) in [5.41, 5.74) is 4.35. The summed E-state index contributed by atoms with van der Waals surface area (Å²) in [6.45, 7) is 8.81. The highest BCUT2D eigenvalue weighted by atomic mass is 16.5. The molecule has 0 aliphatic carbocycles. The molecule has 1 N–H and O–H groups in total. The number of aryl methyl sites for hydroxylation is 1. The molecule has 6 nitrogen and oxygen atoms in total. The molecule has 6 heteroatoms. The summed E-state index contributed by atoms with van der Waals surface area (Å²) in [4.78, 5) is 4.81. The number of ether oxygens (including phenoxy) is 3. The second-order valence-electron chi connectivity index (χ2n) is 7.12. The highest BCUT2D eigenvalue weighted by Crippen LogP contribution is 2.29. The predicted molar refractivity (Wildman–Crippen MR) is 139 cm³/mol. The van der Waals surface area contributed by atoms with Crippen molar-refractivity contribution >= 4 is 16.7 Å². The number of fused-ring (bicyclic) bond motifs is 1. The molecule has 3 rings (SSSR count). The molecule has 0 aliphatic heterocycles. The Bertz CT molecular complexity index is 1010. The van der Waals surface area contributed by atoms with Crippen LogP contribution in [-0.4, -0.2) is 37.4 Å². The number of benzene rings is 2. The molecule has 0 saturated carbocycles. The summed E-state index contributed by atoms with van der Waals surface area (Å²) in [5, 5.41) is 3.53. The summed E-state index contributed by atoms with van der Waals surface area (Å²) in [7, 11) is 6.91. The number of anilines is 1. The molecule has 3 aromatic rings. The molecule has 0 spiro atoms. The van der Waals surface area contributed by atoms with Crippen molar-refractivity contribution in [3.05, 3.63) is 72.9 Å². The Labute approximate surface area is 198 Å². The second-order valence-corrected chi connectivity index (χ2v) is 7.12. The third kappa shape index (κ3) is 8.56. The zero-order chi connectivity index (χ0) is 24.6. The largest absolute Gasteiger partial charge is 0.505 e. The van der Waals surface area contributed by atoms with E-state index in [1.807, 2.05) is 57.2 Å². The number of hydrogen-bond donors (Lipinski definition) is 1. The van der Waals surface area contributed by atoms with Gasteiger partial charge in [-0.15, -0.1) is 0 Å². The Balaban J connectivity index is 0.000000520. The molecule has 1 heterocycles. The van der Waals surface area contributed by atoms with Gasteiger partial charge in [-0.25, -0.2) is 4.98 Å². The van der Waals surface area contributed by atoms with Crippen molar-refractivity contribution in [2.75, 3.05) is 33.2 Å². The zero-order valence-electron chi connectivity index (χ0n) is 21.3. The average Bonchev–Trinajstić information content (AvgIpc) is 3.19. The summed E-state index contributed by atoms with van der Waals surface area (Å²) < 4.78 is 16.5. The number of para-hydroxylation sites is 3. The molecule has 1 unspecified atom stereocenters. The standard InChI is InChI=1S/C20H23N3O.C5H10O2.C2H6/c1-15(12-13-24-3)14-21-17-9-5-4-8-16(17)20-22-18-10-6-7-11-19(18)23(20)2;1-5(7-3)4-6-2;1-2/h4-13,15,21H,14H2,1-3H3;4H,1-3H3;1-2H3/b13-12+;5-4+;. The number of hydrogen-bond acceptors (Lipinski definition) is 5. The lowest BCUT2D eigenvalue weighted by atomic mass is 10.1. The fraction of sp³-hybridized carbons (Fsp3) is 0.370. The quantitative estimate of drug-likeness (QED) is 0.389. The molecule has 2 aromatic carbocycles. The third-order valence-corrected chi connectivity index (χ3v) is 4.72. The lowest BCUT2D eigenvalue weighted by Gasteiger charge is -2.14. The van der Waals surface area contributed by atoms with Gasteiger partial charge in [0.1, 0.15) is 17.8 Å². The van der Waals surface area contributed by atoms with E-state index in [-0.39, 0.29) is 0 Å². The molecule has 0 amide bonds. The number of imidazole rings is 1. The minimum Gasteiger partial charge on any atom is -0.505 e. The summed E-state index contributed by atoms with van der Waals surface area (Å²) in [6, 6.07) is 16.5. The van der Waals surface area contributed by atoms with Gasteiger partial charge in [0.15, 0.2) is 0 Å². The SMILES string of the molecule is CC.CO/C=C(\C)OC.CO/C=C/C(C)CNc1ccccc1-c1nc2ccccc2n1C. The summed E-state index contributed by atoms with van der Waals surface area (Å²) >= 11 is 0. The van der Waals surface area contributed by atoms with Crippen molar-refractivity contribution in [3.63, 3.8) is 0 Å². The van der Waals surface area contributed by atoms with E-state index in [9.17, 15) is 0 Å². The lowest BCUT2D eigenvalue weighted by molar-refractivity contribution is 0.251. The van der Waals surface area contributed by atoms with E-state index in [4.69, 9.17) is 14.5 Å². The first-order chi connectivity index (χ1) is 16.0. The van der Waals surface area contributed by atoms with Gasteiger partial charge in [0.2, 0.25) is 0 Å². The molecule has 0 bridgehead atoms. The van der Waals surface area contributed by atoms with Gasteiger partial charge in [-0.1, -0.05) is 45.0 Å². The van der Waals surface area contributed by atoms with Crippen LogP contribution in [-0.2, 0) is 21.3 Å². The Hall–Kier alpha value is -3.41. The van der Waals surface area contributed by atoms with E-state index in [1.54, 1.807) is 33.9 Å². The molecule has 0 radical (unpaired) electrons. The number of nitrogens with zero attached hydrogens (tertiary/aromatic N) is 2. The molecule has 1 aromatic heterocycles. The van der Waals surface area contributed by atoms with Crippen molar-refractivity contribution in [1.82, 2.24) is 9.55 Å². The first-order valence-electron chi connectivity index (χ1n) is 11.2. The van der Waals surface area contributed by atoms with Crippen LogP contribution in [0.2, 0.25) is 0 Å². The van der Waals surface area contributed by atoms with E-state index in [0.29, 0.717) is 5.92 Å². The van der Waals surface area contributed by atoms with E-state index < -0.39 is 0 Å². The molecule has 0 fully saturated rings. The number of methoxy groups -OCH3 is 3. The van der Waals surface area contributed by atoms with Crippen LogP contribution < -0.4 is 5.32 Å². The van der Waals surface area contributed by atoms with Gasteiger partial charge in [-0.3, -0.25) is 0 Å². The van der Waals surface area contributed by atoms with Gasteiger partial charge in [0.25, 0.3) is 0 Å². The highest BCUT2D eigenvalue weighted by molar-refractivity contribution is 5.84. The molecule has 33 heavy (non-hydrogen) atoms. The Morgan fingerprint density at radius 1 is 1.03 bits per heavy atom. The van der Waals surface area contributed by atoms with E-state index >= 15 is 0 Å². The van der Waals surface area contributed by atoms with Gasteiger partial charge in [-0.2, -0.15) is 0 Å². The van der Waals surface area contributed by atoms with Crippen LogP contribution in [0.15, 0.2) is 72.9 Å². The third-order valence-electron chi connectivity index (χ3n) is 4.72. The zero-order valence-corrected chi connectivity index (χ0v) is 21.3. The number of aromatic nitrogens is 2. The van der Waals surface area contributed by atoms with Gasteiger partial charge >= 0.3 is 0 Å². The minimum absolute atomic E-state index is 0.374. The maximum atomic E-state index is 4.99. The number of nitrogens with one attached hydrogen (secondary N) is 1. The van der Waals surface area contributed by atoms with E-state index in [1.165, 1.54) is 0 Å². The lowest BCUT2D eigenvalue weighted by Crippen LogP contribution is -2.10. The van der Waals surface area contributed by atoms with Crippen molar-refractivity contribution < 1.29 is 14.2 Å². The van der Waals surface area contributed by atoms with Crippen LogP contribution in [0.4, 0.5) is 5.69 Å². The van der Waals surface area contributed by atoms with E-state index in [0.717, 1.165) is 40.4 Å². The van der Waals surface area contributed by atoms with Crippen molar-refractivity contribution in [2.24, 2.45) is 13.0 Å². The van der Waals surface area contributed by atoms with Gasteiger partial charge in [0.05, 0.1) is 38.6 Å². The first kappa shape index (κ1) is 27.6. The summed E-state index contributed by atoms with van der Waals surface area (Å²) in [5.74, 6) is 2.13. The minimum atomic E-state index is 0.374.